The van der Waals surface area contributed by atoms with Crippen LogP contribution in [0.5, 0.6) is 0 Å². The van der Waals surface area contributed by atoms with Crippen molar-refractivity contribution in [3.8, 4) is 0 Å². The lowest BCUT2D eigenvalue weighted by Crippen LogP contribution is -2.45. The van der Waals surface area contributed by atoms with Gasteiger partial charge in [-0.1, -0.05) is 44.4 Å². The van der Waals surface area contributed by atoms with Crippen molar-refractivity contribution in [1.29, 1.82) is 0 Å². The average Bonchev–Trinajstić information content (AvgIpc) is 3.09. The van der Waals surface area contributed by atoms with Gasteiger partial charge in [-0.3, -0.25) is 0 Å². The SMILES string of the molecule is CC1=C(CC/C(=C/C[C@@H](O)C2=CC(=O)OC2)CO)[C@@]2(C)CCCC(C)(C)C2CC1. The van der Waals surface area contributed by atoms with Gasteiger partial charge in [0, 0.05) is 11.6 Å². The summed E-state index contributed by atoms with van der Waals surface area (Å²) in [7, 11) is 0. The minimum Gasteiger partial charge on any atom is -0.458 e. The normalized spacial score (nSPS) is 30.7. The molecule has 1 fully saturated rings. The number of esters is 1. The van der Waals surface area contributed by atoms with Crippen molar-refractivity contribution in [1.82, 2.24) is 0 Å². The summed E-state index contributed by atoms with van der Waals surface area (Å²) >= 11 is 0. The molecular formula is C25H38O4. The molecule has 2 N–H and O–H groups in total. The van der Waals surface area contributed by atoms with Crippen molar-refractivity contribution < 1.29 is 19.7 Å². The van der Waals surface area contributed by atoms with E-state index in [2.05, 4.69) is 27.7 Å². The minimum absolute atomic E-state index is 0.0131. The van der Waals surface area contributed by atoms with Crippen LogP contribution in [0.15, 0.2) is 34.4 Å². The first-order valence-corrected chi connectivity index (χ1v) is 11.2. The van der Waals surface area contributed by atoms with Gasteiger partial charge in [-0.25, -0.2) is 4.79 Å². The number of allylic oxidation sites excluding steroid dienone is 2. The molecule has 0 aromatic carbocycles. The monoisotopic (exact) mass is 402 g/mol. The highest BCUT2D eigenvalue weighted by atomic mass is 16.5. The highest BCUT2D eigenvalue weighted by Gasteiger charge is 2.49. The number of aliphatic hydroxyl groups excluding tert-OH is 2. The molecule has 162 valence electrons. The second-order valence-electron chi connectivity index (χ2n) is 10.2. The van der Waals surface area contributed by atoms with Gasteiger partial charge in [0.15, 0.2) is 0 Å². The maximum absolute atomic E-state index is 11.2. The third-order valence-corrected chi connectivity index (χ3v) is 7.88. The summed E-state index contributed by atoms with van der Waals surface area (Å²) in [6.45, 7) is 9.85. The van der Waals surface area contributed by atoms with Gasteiger partial charge < -0.3 is 14.9 Å². The van der Waals surface area contributed by atoms with Crippen molar-refractivity contribution in [2.24, 2.45) is 16.7 Å². The molecule has 3 aliphatic rings. The summed E-state index contributed by atoms with van der Waals surface area (Å²) in [5.41, 5.74) is 5.42. The Hall–Kier alpha value is -1.39. The predicted octanol–water partition coefficient (Wildman–Crippen LogP) is 4.86. The number of rotatable bonds is 7. The average molecular weight is 403 g/mol. The lowest BCUT2D eigenvalue weighted by molar-refractivity contribution is -0.135. The Morgan fingerprint density at radius 1 is 1.34 bits per heavy atom. The van der Waals surface area contributed by atoms with E-state index in [1.165, 1.54) is 38.2 Å². The molecule has 1 unspecified atom stereocenters. The van der Waals surface area contributed by atoms with E-state index in [0.717, 1.165) is 24.3 Å². The second-order valence-corrected chi connectivity index (χ2v) is 10.2. The van der Waals surface area contributed by atoms with Gasteiger partial charge in [0.25, 0.3) is 0 Å². The van der Waals surface area contributed by atoms with E-state index in [4.69, 9.17) is 4.74 Å². The van der Waals surface area contributed by atoms with Crippen LogP contribution in [0.3, 0.4) is 0 Å². The Kier molecular flexibility index (Phi) is 6.74. The van der Waals surface area contributed by atoms with Gasteiger partial charge in [0.2, 0.25) is 0 Å². The summed E-state index contributed by atoms with van der Waals surface area (Å²) in [6, 6.07) is 0. The number of carbonyl (C=O) groups is 1. The van der Waals surface area contributed by atoms with Gasteiger partial charge in [-0.2, -0.15) is 0 Å². The van der Waals surface area contributed by atoms with E-state index in [0.29, 0.717) is 17.4 Å². The summed E-state index contributed by atoms with van der Waals surface area (Å²) in [5.74, 6) is 0.348. The highest BCUT2D eigenvalue weighted by Crippen LogP contribution is 2.60. The lowest BCUT2D eigenvalue weighted by atomic mass is 9.50. The maximum atomic E-state index is 11.2. The smallest absolute Gasteiger partial charge is 0.331 e. The van der Waals surface area contributed by atoms with E-state index >= 15 is 0 Å². The van der Waals surface area contributed by atoms with Crippen molar-refractivity contribution >= 4 is 5.97 Å². The fourth-order valence-electron chi connectivity index (χ4n) is 6.23. The molecule has 0 bridgehead atoms. The number of ether oxygens (including phenoxy) is 1. The van der Waals surface area contributed by atoms with Crippen LogP contribution in [0, 0.1) is 16.7 Å². The molecule has 4 nitrogen and oxygen atoms in total. The van der Waals surface area contributed by atoms with Crippen LogP contribution in [0.4, 0.5) is 0 Å². The van der Waals surface area contributed by atoms with Crippen LogP contribution in [-0.2, 0) is 9.53 Å². The molecule has 1 aliphatic heterocycles. The first-order valence-electron chi connectivity index (χ1n) is 11.2. The molecule has 1 heterocycles. The number of fused-ring (bicyclic) bond motifs is 1. The molecule has 0 amide bonds. The molecular weight excluding hydrogens is 364 g/mol. The summed E-state index contributed by atoms with van der Waals surface area (Å²) in [5, 5.41) is 20.1. The molecule has 0 spiro atoms. The largest absolute Gasteiger partial charge is 0.458 e. The molecule has 3 atom stereocenters. The molecule has 1 saturated carbocycles. The van der Waals surface area contributed by atoms with Crippen molar-refractivity contribution in [3.63, 3.8) is 0 Å². The Morgan fingerprint density at radius 2 is 2.10 bits per heavy atom. The number of hydrogen-bond donors (Lipinski definition) is 2. The van der Waals surface area contributed by atoms with Crippen molar-refractivity contribution in [2.45, 2.75) is 85.2 Å². The molecule has 3 rings (SSSR count). The second kappa shape index (κ2) is 8.77. The minimum atomic E-state index is -0.723. The fraction of sp³-hybridized carbons (Fsp3) is 0.720. The van der Waals surface area contributed by atoms with E-state index in [9.17, 15) is 15.0 Å². The van der Waals surface area contributed by atoms with Crippen molar-refractivity contribution in [3.05, 3.63) is 34.4 Å². The van der Waals surface area contributed by atoms with E-state index in [1.54, 1.807) is 11.1 Å². The molecule has 4 heteroatoms. The Bertz CT molecular complexity index is 727. The topological polar surface area (TPSA) is 66.8 Å². The number of carbonyl (C=O) groups excluding carboxylic acids is 1. The van der Waals surface area contributed by atoms with Gasteiger partial charge in [-0.15, -0.1) is 0 Å². The Balaban J connectivity index is 1.68. The van der Waals surface area contributed by atoms with E-state index in [1.807, 2.05) is 6.08 Å². The van der Waals surface area contributed by atoms with Crippen LogP contribution < -0.4 is 0 Å². The summed E-state index contributed by atoms with van der Waals surface area (Å²) in [6.07, 6.45) is 11.2. The zero-order chi connectivity index (χ0) is 21.2. The van der Waals surface area contributed by atoms with Gasteiger partial charge >= 0.3 is 5.97 Å². The Morgan fingerprint density at radius 3 is 2.76 bits per heavy atom. The summed E-state index contributed by atoms with van der Waals surface area (Å²) < 4.78 is 4.87. The molecule has 29 heavy (non-hydrogen) atoms. The van der Waals surface area contributed by atoms with E-state index in [-0.39, 0.29) is 24.6 Å². The van der Waals surface area contributed by atoms with Crippen LogP contribution in [0.25, 0.3) is 0 Å². The zero-order valence-corrected chi connectivity index (χ0v) is 18.6. The highest BCUT2D eigenvalue weighted by molar-refractivity contribution is 5.85. The Labute approximate surface area is 175 Å². The third kappa shape index (κ3) is 4.69. The maximum Gasteiger partial charge on any atom is 0.331 e. The van der Waals surface area contributed by atoms with Gasteiger partial charge in [0.1, 0.15) is 6.61 Å². The number of hydrogen-bond acceptors (Lipinski definition) is 4. The zero-order valence-electron chi connectivity index (χ0n) is 18.6. The first kappa shape index (κ1) is 22.3. The molecule has 0 aromatic heterocycles. The fourth-order valence-corrected chi connectivity index (χ4v) is 6.23. The molecule has 2 aliphatic carbocycles. The van der Waals surface area contributed by atoms with Crippen LogP contribution in [0.1, 0.15) is 79.1 Å². The van der Waals surface area contributed by atoms with Gasteiger partial charge in [0.05, 0.1) is 12.7 Å². The van der Waals surface area contributed by atoms with Crippen molar-refractivity contribution in [2.75, 3.05) is 13.2 Å². The predicted molar refractivity (Wildman–Crippen MR) is 115 cm³/mol. The lowest BCUT2D eigenvalue weighted by Gasteiger charge is -2.55. The standard InChI is InChI=1S/C25H38O4/c1-17-6-11-22-24(2,3)12-5-13-25(22,4)20(17)9-7-18(15-26)8-10-21(27)19-14-23(28)29-16-19/h8,14,21-22,26-27H,5-7,9-13,15-16H2,1-4H3/b18-8-/t21-,22?,25-/m1/s1. The molecule has 0 saturated heterocycles. The molecule has 0 aromatic rings. The van der Waals surface area contributed by atoms with E-state index < -0.39 is 6.10 Å². The third-order valence-electron chi connectivity index (χ3n) is 7.88. The van der Waals surface area contributed by atoms with Crippen LogP contribution in [0.2, 0.25) is 0 Å². The van der Waals surface area contributed by atoms with Gasteiger partial charge in [-0.05, 0) is 74.2 Å². The van der Waals surface area contributed by atoms with Crippen LogP contribution >= 0.6 is 0 Å². The number of cyclic esters (lactones) is 1. The van der Waals surface area contributed by atoms with Crippen LogP contribution in [-0.4, -0.2) is 35.5 Å². The summed E-state index contributed by atoms with van der Waals surface area (Å²) in [4.78, 5) is 11.2. The first-order chi connectivity index (χ1) is 13.7. The quantitative estimate of drug-likeness (QED) is 0.471. The molecule has 0 radical (unpaired) electrons. The number of aliphatic hydroxyl groups is 2.